The number of hydrogen-bond donors (Lipinski definition) is 1. The fourth-order valence-electron chi connectivity index (χ4n) is 4.07. The zero-order valence-electron chi connectivity index (χ0n) is 22.9. The summed E-state index contributed by atoms with van der Waals surface area (Å²) in [4.78, 5) is 38.2. The van der Waals surface area contributed by atoms with Crippen LogP contribution in [0.25, 0.3) is 0 Å². The number of nitro benzene ring substituents is 1. The van der Waals surface area contributed by atoms with Gasteiger partial charge in [-0.15, -0.1) is 0 Å². The summed E-state index contributed by atoms with van der Waals surface area (Å²) in [5.74, 6) is -1.24. The van der Waals surface area contributed by atoms with E-state index in [0.29, 0.717) is 10.6 Å². The van der Waals surface area contributed by atoms with Crippen LogP contribution in [0.2, 0.25) is 15.1 Å². The van der Waals surface area contributed by atoms with Gasteiger partial charge in [-0.1, -0.05) is 46.9 Å². The second-order valence-corrected chi connectivity index (χ2v) is 12.2. The van der Waals surface area contributed by atoms with Crippen LogP contribution in [0.15, 0.2) is 59.5 Å². The van der Waals surface area contributed by atoms with Crippen molar-refractivity contribution in [2.45, 2.75) is 31.3 Å². The number of rotatable bonds is 11. The van der Waals surface area contributed by atoms with Crippen molar-refractivity contribution in [3.8, 4) is 5.75 Å². The van der Waals surface area contributed by atoms with E-state index < -0.39 is 49.9 Å². The summed E-state index contributed by atoms with van der Waals surface area (Å²) in [7, 11) is -1.94. The van der Waals surface area contributed by atoms with Crippen LogP contribution in [0.5, 0.6) is 5.75 Å². The lowest BCUT2D eigenvalue weighted by Gasteiger charge is -2.32. The summed E-state index contributed by atoms with van der Waals surface area (Å²) in [5, 5.41) is 14.8. The molecule has 3 rings (SSSR count). The number of nitrogens with one attached hydrogen (secondary N) is 1. The minimum atomic E-state index is -4.64. The Balaban J connectivity index is 2.18. The molecule has 1 atom stereocenters. The summed E-state index contributed by atoms with van der Waals surface area (Å²) in [6.07, 6.45) is 0. The third-order valence-electron chi connectivity index (χ3n) is 6.42. The van der Waals surface area contributed by atoms with Crippen molar-refractivity contribution in [2.24, 2.45) is 0 Å². The van der Waals surface area contributed by atoms with Crippen LogP contribution in [0.1, 0.15) is 18.1 Å². The normalized spacial score (nSPS) is 11.9. The van der Waals surface area contributed by atoms with Crippen molar-refractivity contribution in [3.05, 3.63) is 90.9 Å². The largest absolute Gasteiger partial charge is 0.495 e. The lowest BCUT2D eigenvalue weighted by Crippen LogP contribution is -2.50. The van der Waals surface area contributed by atoms with Gasteiger partial charge < -0.3 is 15.0 Å². The number of methoxy groups -OCH3 is 1. The molecular weight excluding hydrogens is 631 g/mol. The molecule has 42 heavy (non-hydrogen) atoms. The van der Waals surface area contributed by atoms with Crippen molar-refractivity contribution >= 4 is 68.0 Å². The summed E-state index contributed by atoms with van der Waals surface area (Å²) in [6.45, 7) is 1.95. The van der Waals surface area contributed by atoms with Crippen molar-refractivity contribution < 1.29 is 27.7 Å². The highest BCUT2D eigenvalue weighted by molar-refractivity contribution is 7.92. The highest BCUT2D eigenvalue weighted by Gasteiger charge is 2.35. The molecule has 224 valence electrons. The summed E-state index contributed by atoms with van der Waals surface area (Å²) < 4.78 is 34.3. The zero-order chi connectivity index (χ0) is 31.4. The fraction of sp³-hybridized carbons (Fsp3) is 0.259. The quantitative estimate of drug-likeness (QED) is 0.220. The van der Waals surface area contributed by atoms with E-state index in [0.717, 1.165) is 15.3 Å². The maximum Gasteiger partial charge on any atom is 0.273 e. The molecule has 0 fully saturated rings. The Bertz CT molecular complexity index is 1640. The molecule has 3 aromatic rings. The van der Waals surface area contributed by atoms with Gasteiger partial charge in [0, 0.05) is 40.3 Å². The fourth-order valence-corrected chi connectivity index (χ4v) is 6.14. The summed E-state index contributed by atoms with van der Waals surface area (Å²) >= 11 is 18.6. The van der Waals surface area contributed by atoms with Gasteiger partial charge >= 0.3 is 0 Å². The Kier molecular flexibility index (Phi) is 10.7. The Hall–Kier alpha value is -3.58. The first kappa shape index (κ1) is 32.9. The molecule has 0 saturated heterocycles. The highest BCUT2D eigenvalue weighted by Crippen LogP contribution is 2.36. The van der Waals surface area contributed by atoms with Gasteiger partial charge in [-0.05, 0) is 55.8 Å². The van der Waals surface area contributed by atoms with Gasteiger partial charge in [0.05, 0.1) is 22.6 Å². The number of halogens is 3. The molecule has 0 heterocycles. The van der Waals surface area contributed by atoms with Crippen molar-refractivity contribution in [1.82, 2.24) is 10.2 Å². The third kappa shape index (κ3) is 7.24. The number of nitro groups is 1. The van der Waals surface area contributed by atoms with Gasteiger partial charge in [-0.2, -0.15) is 0 Å². The Morgan fingerprint density at radius 1 is 1.05 bits per heavy atom. The minimum absolute atomic E-state index is 0.0593. The molecule has 2 amide bonds. The van der Waals surface area contributed by atoms with E-state index in [2.05, 4.69) is 5.32 Å². The van der Waals surface area contributed by atoms with Gasteiger partial charge in [0.2, 0.25) is 11.8 Å². The number of sulfonamides is 1. The Morgan fingerprint density at radius 3 is 2.29 bits per heavy atom. The van der Waals surface area contributed by atoms with Gasteiger partial charge in [-0.3, -0.25) is 24.0 Å². The molecule has 0 bridgehead atoms. The maximum absolute atomic E-state index is 14.1. The molecular formula is C27H27Cl3N4O7S. The number of ether oxygens (including phenoxy) is 1. The second kappa shape index (κ2) is 13.6. The molecule has 1 N–H and O–H groups in total. The van der Waals surface area contributed by atoms with Crippen LogP contribution in [0.4, 0.5) is 11.4 Å². The number of hydrogen-bond acceptors (Lipinski definition) is 7. The zero-order valence-corrected chi connectivity index (χ0v) is 26.0. The van der Waals surface area contributed by atoms with Gasteiger partial charge in [0.25, 0.3) is 15.7 Å². The lowest BCUT2D eigenvalue weighted by atomic mass is 10.1. The molecule has 11 nitrogen and oxygen atoms in total. The van der Waals surface area contributed by atoms with E-state index in [-0.39, 0.29) is 33.6 Å². The first-order chi connectivity index (χ1) is 19.7. The van der Waals surface area contributed by atoms with Crippen LogP contribution < -0.4 is 14.4 Å². The summed E-state index contributed by atoms with van der Waals surface area (Å²) in [5.41, 5.74) is 0.174. The molecule has 0 spiro atoms. The monoisotopic (exact) mass is 656 g/mol. The van der Waals surface area contributed by atoms with Gasteiger partial charge in [0.1, 0.15) is 18.3 Å². The van der Waals surface area contributed by atoms with Crippen LogP contribution >= 0.6 is 34.8 Å². The first-order valence-corrected chi connectivity index (χ1v) is 14.8. The predicted octanol–water partition coefficient (Wildman–Crippen LogP) is 5.23. The van der Waals surface area contributed by atoms with E-state index in [1.807, 2.05) is 0 Å². The Morgan fingerprint density at radius 2 is 1.69 bits per heavy atom. The molecule has 3 aromatic carbocycles. The van der Waals surface area contributed by atoms with Crippen LogP contribution in [-0.2, 0) is 26.2 Å². The van der Waals surface area contributed by atoms with E-state index in [9.17, 15) is 28.1 Å². The smallest absolute Gasteiger partial charge is 0.273 e. The maximum atomic E-state index is 14.1. The molecule has 0 radical (unpaired) electrons. The second-order valence-electron chi connectivity index (χ2n) is 9.08. The number of likely N-dealkylation sites (N-methyl/N-ethyl adjacent to an activating group) is 1. The van der Waals surface area contributed by atoms with Crippen LogP contribution in [0.3, 0.4) is 0 Å². The number of nitrogens with zero attached hydrogens (tertiary/aromatic N) is 3. The van der Waals surface area contributed by atoms with Crippen molar-refractivity contribution in [1.29, 1.82) is 0 Å². The topological polar surface area (TPSA) is 139 Å². The number of amides is 2. The molecule has 0 unspecified atom stereocenters. The Labute approximate surface area is 258 Å². The average Bonchev–Trinajstić information content (AvgIpc) is 2.94. The predicted molar refractivity (Wildman–Crippen MR) is 161 cm³/mol. The van der Waals surface area contributed by atoms with E-state index >= 15 is 0 Å². The van der Waals surface area contributed by atoms with Gasteiger partial charge in [-0.25, -0.2) is 8.42 Å². The molecule has 0 aromatic heterocycles. The molecule has 0 aliphatic rings. The number of anilines is 1. The van der Waals surface area contributed by atoms with Crippen molar-refractivity contribution in [2.75, 3.05) is 25.0 Å². The molecule has 0 saturated carbocycles. The summed E-state index contributed by atoms with van der Waals surface area (Å²) in [6, 6.07) is 11.1. The molecule has 0 aliphatic heterocycles. The standard InChI is InChI=1S/C27H27Cl3N4O7S/c1-16-5-9-21(13-23(16)34(37)38)42(39,40)33(24-12-20(29)8-10-25(24)41-4)15-26(35)32(17(2)27(36)31-3)14-18-6-7-19(28)11-22(18)30/h5-13,17H,14-15H2,1-4H3,(H,31,36)/t17-/m1/s1. The molecule has 15 heteroatoms. The van der Waals surface area contributed by atoms with Gasteiger partial charge in [0.15, 0.2) is 0 Å². The minimum Gasteiger partial charge on any atom is -0.495 e. The lowest BCUT2D eigenvalue weighted by molar-refractivity contribution is -0.385. The number of benzene rings is 3. The number of aryl methyl sites for hydroxylation is 1. The first-order valence-electron chi connectivity index (χ1n) is 12.3. The van der Waals surface area contributed by atoms with Crippen LogP contribution in [0, 0.1) is 17.0 Å². The van der Waals surface area contributed by atoms with E-state index in [1.165, 1.54) is 64.4 Å². The highest BCUT2D eigenvalue weighted by atomic mass is 35.5. The average molecular weight is 658 g/mol. The number of carbonyl (C=O) groups excluding carboxylic acids is 2. The van der Waals surface area contributed by atoms with Crippen LogP contribution in [-0.4, -0.2) is 56.8 Å². The third-order valence-corrected chi connectivity index (χ3v) is 9.00. The SMILES string of the molecule is CNC(=O)[C@@H](C)N(Cc1ccc(Cl)cc1Cl)C(=O)CN(c1cc(Cl)ccc1OC)S(=O)(=O)c1ccc(C)c([N+](=O)[O-])c1. The number of carbonyl (C=O) groups is 2. The van der Waals surface area contributed by atoms with E-state index in [4.69, 9.17) is 39.5 Å². The van der Waals surface area contributed by atoms with E-state index in [1.54, 1.807) is 12.1 Å². The van der Waals surface area contributed by atoms with Crippen molar-refractivity contribution in [3.63, 3.8) is 0 Å². The molecule has 0 aliphatic carbocycles.